The lowest BCUT2D eigenvalue weighted by Gasteiger charge is -1.96. The molecule has 0 atom stereocenters. The second-order valence-corrected chi connectivity index (χ2v) is 3.35. The Hall–Kier alpha value is -0.830. The van der Waals surface area contributed by atoms with Gasteiger partial charge in [0, 0.05) is 17.6 Å². The monoisotopic (exact) mass is 180 g/mol. The molecule has 1 aromatic rings. The van der Waals surface area contributed by atoms with E-state index >= 15 is 0 Å². The zero-order chi connectivity index (χ0) is 8.81. The van der Waals surface area contributed by atoms with E-state index in [9.17, 15) is 0 Å². The third-order valence-electron chi connectivity index (χ3n) is 1.32. The van der Waals surface area contributed by atoms with Gasteiger partial charge in [-0.25, -0.2) is 9.97 Å². The van der Waals surface area contributed by atoms with Crippen molar-refractivity contribution in [2.45, 2.75) is 19.0 Å². The Bertz CT molecular complexity index is 271. The van der Waals surface area contributed by atoms with Crippen molar-refractivity contribution in [2.24, 2.45) is 0 Å². The Morgan fingerprint density at radius 3 is 3.08 bits per heavy atom. The van der Waals surface area contributed by atoms with E-state index in [0.29, 0.717) is 0 Å². The largest absolute Gasteiger partial charge is 0.231 e. The van der Waals surface area contributed by atoms with E-state index < -0.39 is 0 Å². The highest BCUT2D eigenvalue weighted by molar-refractivity contribution is 7.99. The second kappa shape index (κ2) is 4.93. The van der Waals surface area contributed by atoms with Crippen LogP contribution in [0.2, 0.25) is 0 Å². The predicted molar refractivity (Wildman–Crippen MR) is 52.3 cm³/mol. The van der Waals surface area contributed by atoms with Crippen molar-refractivity contribution in [3.8, 4) is 0 Å². The fourth-order valence-corrected chi connectivity index (χ4v) is 1.50. The van der Waals surface area contributed by atoms with Crippen LogP contribution in [0.1, 0.15) is 12.6 Å². The smallest absolute Gasteiger partial charge is 0.188 e. The van der Waals surface area contributed by atoms with E-state index in [0.717, 1.165) is 16.6 Å². The molecule has 1 rings (SSSR count). The molecule has 0 saturated carbocycles. The molecular formula is C9H12N2S. The molecule has 1 aromatic heterocycles. The molecule has 0 aliphatic heterocycles. The van der Waals surface area contributed by atoms with Gasteiger partial charge >= 0.3 is 0 Å². The summed E-state index contributed by atoms with van der Waals surface area (Å²) in [4.78, 5) is 8.39. The Balaban J connectivity index is 2.52. The summed E-state index contributed by atoms with van der Waals surface area (Å²) >= 11 is 1.65. The highest BCUT2D eigenvalue weighted by Crippen LogP contribution is 2.11. The highest BCUT2D eigenvalue weighted by atomic mass is 32.2. The Labute approximate surface area is 77.1 Å². The first-order valence-electron chi connectivity index (χ1n) is 3.86. The molecular weight excluding hydrogens is 168 g/mol. The van der Waals surface area contributed by atoms with Crippen molar-refractivity contribution >= 4 is 11.8 Å². The molecule has 3 heteroatoms. The van der Waals surface area contributed by atoms with E-state index in [1.165, 1.54) is 0 Å². The van der Waals surface area contributed by atoms with E-state index in [2.05, 4.69) is 16.0 Å². The molecule has 0 saturated heterocycles. The Morgan fingerprint density at radius 1 is 1.58 bits per heavy atom. The van der Waals surface area contributed by atoms with Gasteiger partial charge in [0.05, 0.1) is 0 Å². The minimum atomic E-state index is 0.855. The van der Waals surface area contributed by atoms with E-state index in [1.54, 1.807) is 18.0 Å². The highest BCUT2D eigenvalue weighted by Gasteiger charge is 1.94. The van der Waals surface area contributed by atoms with Gasteiger partial charge in [-0.3, -0.25) is 0 Å². The summed E-state index contributed by atoms with van der Waals surface area (Å²) in [5, 5.41) is 0.855. The van der Waals surface area contributed by atoms with Gasteiger partial charge in [-0.1, -0.05) is 23.9 Å². The van der Waals surface area contributed by atoms with Gasteiger partial charge in [-0.15, -0.1) is 0 Å². The van der Waals surface area contributed by atoms with Crippen LogP contribution in [-0.4, -0.2) is 15.7 Å². The van der Waals surface area contributed by atoms with Crippen molar-refractivity contribution in [1.82, 2.24) is 9.97 Å². The first kappa shape index (κ1) is 9.26. The predicted octanol–water partition coefficient (Wildman–Crippen LogP) is 2.45. The van der Waals surface area contributed by atoms with Crippen molar-refractivity contribution in [3.05, 3.63) is 30.1 Å². The van der Waals surface area contributed by atoms with E-state index in [1.807, 2.05) is 26.0 Å². The van der Waals surface area contributed by atoms with Gasteiger partial charge in [0.25, 0.3) is 0 Å². The molecule has 2 nitrogen and oxygen atoms in total. The molecule has 0 spiro atoms. The van der Waals surface area contributed by atoms with E-state index in [4.69, 9.17) is 0 Å². The average Bonchev–Trinajstić information content (AvgIpc) is 2.05. The third-order valence-corrected chi connectivity index (χ3v) is 2.13. The quantitative estimate of drug-likeness (QED) is 0.406. The molecule has 0 radical (unpaired) electrons. The maximum Gasteiger partial charge on any atom is 0.188 e. The van der Waals surface area contributed by atoms with Gasteiger partial charge in [0.2, 0.25) is 0 Å². The van der Waals surface area contributed by atoms with Crippen LogP contribution in [-0.2, 0) is 0 Å². The van der Waals surface area contributed by atoms with Crippen molar-refractivity contribution < 1.29 is 0 Å². The van der Waals surface area contributed by atoms with Gasteiger partial charge in [0.1, 0.15) is 0 Å². The molecule has 0 unspecified atom stereocenters. The van der Waals surface area contributed by atoms with Crippen LogP contribution in [0.4, 0.5) is 0 Å². The fraction of sp³-hybridized carbons (Fsp3) is 0.333. The van der Waals surface area contributed by atoms with Crippen LogP contribution in [0.3, 0.4) is 0 Å². The maximum absolute atomic E-state index is 4.26. The number of nitrogens with zero attached hydrogens (tertiary/aromatic N) is 2. The number of aromatic nitrogens is 2. The third kappa shape index (κ3) is 3.05. The number of thioether (sulfide) groups is 1. The summed E-state index contributed by atoms with van der Waals surface area (Å²) in [5.41, 5.74) is 1.02. The molecule has 0 aliphatic rings. The maximum atomic E-state index is 4.26. The molecule has 0 aromatic carbocycles. The standard InChI is InChI=1S/C9H12N2S/c1-3-4-7-12-9-10-6-5-8(2)11-9/h3-6H,7H2,1-2H3/b4-3+. The summed E-state index contributed by atoms with van der Waals surface area (Å²) < 4.78 is 0. The first-order chi connectivity index (χ1) is 5.83. The number of aryl methyl sites for hydroxylation is 1. The van der Waals surface area contributed by atoms with Crippen LogP contribution < -0.4 is 0 Å². The lowest BCUT2D eigenvalue weighted by Crippen LogP contribution is -1.88. The van der Waals surface area contributed by atoms with Crippen LogP contribution in [0, 0.1) is 6.92 Å². The summed E-state index contributed by atoms with van der Waals surface area (Å²) in [6.45, 7) is 3.99. The van der Waals surface area contributed by atoms with Gasteiger partial charge in [0.15, 0.2) is 5.16 Å². The minimum Gasteiger partial charge on any atom is -0.231 e. The van der Waals surface area contributed by atoms with Crippen LogP contribution in [0.5, 0.6) is 0 Å². The number of allylic oxidation sites excluding steroid dienone is 1. The number of rotatable bonds is 3. The topological polar surface area (TPSA) is 25.8 Å². The zero-order valence-corrected chi connectivity index (χ0v) is 8.14. The summed E-state index contributed by atoms with van der Waals surface area (Å²) in [6, 6.07) is 1.90. The molecule has 0 amide bonds. The molecule has 1 heterocycles. The van der Waals surface area contributed by atoms with Gasteiger partial charge in [-0.2, -0.15) is 0 Å². The van der Waals surface area contributed by atoms with Gasteiger partial charge < -0.3 is 0 Å². The molecule has 0 N–H and O–H groups in total. The molecule has 64 valence electrons. The van der Waals surface area contributed by atoms with Crippen LogP contribution in [0.25, 0.3) is 0 Å². The van der Waals surface area contributed by atoms with E-state index in [-0.39, 0.29) is 0 Å². The average molecular weight is 180 g/mol. The lowest BCUT2D eigenvalue weighted by molar-refractivity contribution is 0.934. The van der Waals surface area contributed by atoms with Crippen molar-refractivity contribution in [2.75, 3.05) is 5.75 Å². The minimum absolute atomic E-state index is 0.855. The lowest BCUT2D eigenvalue weighted by atomic mass is 10.5. The molecule has 0 aliphatic carbocycles. The molecule has 0 fully saturated rings. The zero-order valence-electron chi connectivity index (χ0n) is 7.32. The van der Waals surface area contributed by atoms with Crippen molar-refractivity contribution in [1.29, 1.82) is 0 Å². The molecule has 12 heavy (non-hydrogen) atoms. The van der Waals surface area contributed by atoms with Crippen LogP contribution >= 0.6 is 11.8 Å². The molecule has 0 bridgehead atoms. The normalized spacial score (nSPS) is 10.8. The van der Waals surface area contributed by atoms with Gasteiger partial charge in [-0.05, 0) is 19.9 Å². The summed E-state index contributed by atoms with van der Waals surface area (Å²) in [6.07, 6.45) is 5.92. The Kier molecular flexibility index (Phi) is 3.80. The summed E-state index contributed by atoms with van der Waals surface area (Å²) in [7, 11) is 0. The second-order valence-electron chi connectivity index (χ2n) is 2.36. The fourth-order valence-electron chi connectivity index (χ4n) is 0.714. The summed E-state index contributed by atoms with van der Waals surface area (Å²) in [5.74, 6) is 0.944. The van der Waals surface area contributed by atoms with Crippen molar-refractivity contribution in [3.63, 3.8) is 0 Å². The number of hydrogen-bond acceptors (Lipinski definition) is 3. The number of hydrogen-bond donors (Lipinski definition) is 0. The van der Waals surface area contributed by atoms with Crippen LogP contribution in [0.15, 0.2) is 29.6 Å². The Morgan fingerprint density at radius 2 is 2.42 bits per heavy atom. The first-order valence-corrected chi connectivity index (χ1v) is 4.85. The SMILES string of the molecule is C/C=C/CSc1nccc(C)n1.